The molecule has 0 saturated heterocycles. The van der Waals surface area contributed by atoms with Crippen molar-refractivity contribution in [1.82, 2.24) is 5.43 Å². The Morgan fingerprint density at radius 1 is 1.05 bits per heavy atom. The van der Waals surface area contributed by atoms with Gasteiger partial charge in [-0.2, -0.15) is 5.10 Å². The summed E-state index contributed by atoms with van der Waals surface area (Å²) in [6.45, 7) is 5.79. The molecule has 39 heavy (non-hydrogen) atoms. The van der Waals surface area contributed by atoms with E-state index in [9.17, 15) is 13.2 Å². The third-order valence-corrected chi connectivity index (χ3v) is 7.85. The molecule has 0 heterocycles. The zero-order valence-electron chi connectivity index (χ0n) is 22.0. The molecule has 0 radical (unpaired) electrons. The molecule has 11 heteroatoms. The number of anilines is 1. The van der Waals surface area contributed by atoms with E-state index in [0.29, 0.717) is 41.7 Å². The van der Waals surface area contributed by atoms with Crippen molar-refractivity contribution >= 4 is 39.6 Å². The number of nitrogens with zero attached hydrogens (tertiary/aromatic N) is 2. The average Bonchev–Trinajstić information content (AvgIpc) is 2.95. The lowest BCUT2D eigenvalue weighted by Gasteiger charge is -2.24. The van der Waals surface area contributed by atoms with Gasteiger partial charge in [-0.1, -0.05) is 12.7 Å². The van der Waals surface area contributed by atoms with Crippen molar-refractivity contribution in [3.8, 4) is 17.2 Å². The Balaban J connectivity index is 1.80. The van der Waals surface area contributed by atoms with E-state index in [0.717, 1.165) is 9.20 Å². The van der Waals surface area contributed by atoms with E-state index in [1.807, 2.05) is 13.2 Å². The van der Waals surface area contributed by atoms with Crippen LogP contribution in [-0.2, 0) is 14.8 Å². The van der Waals surface area contributed by atoms with Gasteiger partial charge < -0.3 is 14.2 Å². The van der Waals surface area contributed by atoms with Crippen molar-refractivity contribution in [1.29, 1.82) is 0 Å². The summed E-state index contributed by atoms with van der Waals surface area (Å²) in [7, 11) is -2.55. The van der Waals surface area contributed by atoms with E-state index in [2.05, 4.69) is 17.1 Å². The Morgan fingerprint density at radius 2 is 1.77 bits per heavy atom. The molecule has 0 spiro atoms. The zero-order valence-corrected chi connectivity index (χ0v) is 23.6. The minimum atomic E-state index is -4.06. The predicted octanol–water partition coefficient (Wildman–Crippen LogP) is 4.73. The monoisotopic (exact) mass is 569 g/mol. The van der Waals surface area contributed by atoms with Gasteiger partial charge in [0.1, 0.15) is 18.9 Å². The molecule has 0 fully saturated rings. The fourth-order valence-corrected chi connectivity index (χ4v) is 5.27. The molecule has 3 aromatic carbocycles. The van der Waals surface area contributed by atoms with Gasteiger partial charge in [0.15, 0.2) is 11.5 Å². The number of carbonyl (C=O) groups excluding carboxylic acids is 1. The van der Waals surface area contributed by atoms with Crippen LogP contribution in [0.5, 0.6) is 17.2 Å². The lowest BCUT2D eigenvalue weighted by atomic mass is 10.2. The van der Waals surface area contributed by atoms with E-state index in [4.69, 9.17) is 14.2 Å². The van der Waals surface area contributed by atoms with Crippen LogP contribution < -0.4 is 23.9 Å². The summed E-state index contributed by atoms with van der Waals surface area (Å²) >= 11 is 1.50. The van der Waals surface area contributed by atoms with Crippen LogP contribution in [0.15, 0.2) is 94.3 Å². The number of benzene rings is 3. The topological polar surface area (TPSA) is 107 Å². The fourth-order valence-electron chi connectivity index (χ4n) is 3.44. The molecule has 0 aromatic heterocycles. The molecule has 1 N–H and O–H groups in total. The van der Waals surface area contributed by atoms with Crippen LogP contribution >= 0.6 is 11.8 Å². The maximum Gasteiger partial charge on any atom is 0.264 e. The van der Waals surface area contributed by atoms with Gasteiger partial charge in [-0.25, -0.2) is 13.8 Å². The Labute approximate surface area is 233 Å². The quantitative estimate of drug-likeness (QED) is 0.130. The van der Waals surface area contributed by atoms with E-state index in [1.165, 1.54) is 37.2 Å². The van der Waals surface area contributed by atoms with Gasteiger partial charge >= 0.3 is 0 Å². The number of hydrazone groups is 1. The Bertz CT molecular complexity index is 1390. The minimum absolute atomic E-state index is 0.0661. The highest BCUT2D eigenvalue weighted by molar-refractivity contribution is 7.98. The number of sulfonamides is 1. The smallest absolute Gasteiger partial charge is 0.264 e. The highest BCUT2D eigenvalue weighted by Gasteiger charge is 2.27. The highest BCUT2D eigenvalue weighted by Crippen LogP contribution is 2.28. The molecule has 3 aromatic rings. The van der Waals surface area contributed by atoms with Crippen molar-refractivity contribution in [2.45, 2.75) is 16.7 Å². The first-order chi connectivity index (χ1) is 18.8. The molecule has 3 rings (SSSR count). The molecule has 0 unspecified atom stereocenters. The summed E-state index contributed by atoms with van der Waals surface area (Å²) < 4.78 is 44.6. The molecule has 0 aliphatic heterocycles. The summed E-state index contributed by atoms with van der Waals surface area (Å²) in [6, 6.07) is 18.1. The van der Waals surface area contributed by atoms with Crippen molar-refractivity contribution < 1.29 is 27.4 Å². The molecule has 0 aliphatic rings. The van der Waals surface area contributed by atoms with Crippen LogP contribution in [-0.4, -0.2) is 53.7 Å². The van der Waals surface area contributed by atoms with Gasteiger partial charge in [-0.3, -0.25) is 9.10 Å². The lowest BCUT2D eigenvalue weighted by molar-refractivity contribution is -0.119. The Morgan fingerprint density at radius 3 is 2.38 bits per heavy atom. The number of methoxy groups -OCH3 is 1. The average molecular weight is 570 g/mol. The van der Waals surface area contributed by atoms with Gasteiger partial charge in [-0.05, 0) is 85.5 Å². The second kappa shape index (κ2) is 14.3. The number of carbonyl (C=O) groups is 1. The summed E-state index contributed by atoms with van der Waals surface area (Å²) in [5.41, 5.74) is 3.36. The van der Waals surface area contributed by atoms with Crippen LogP contribution in [0.3, 0.4) is 0 Å². The lowest BCUT2D eigenvalue weighted by Crippen LogP contribution is -2.39. The summed E-state index contributed by atoms with van der Waals surface area (Å²) in [6.07, 6.45) is 4.96. The Kier molecular flexibility index (Phi) is 10.8. The molecule has 0 aliphatic carbocycles. The fraction of sp³-hybridized carbons (Fsp3) is 0.214. The number of thioether (sulfide) groups is 1. The van der Waals surface area contributed by atoms with Crippen molar-refractivity contribution in [3.05, 3.63) is 84.9 Å². The maximum atomic E-state index is 13.6. The third-order valence-electron chi connectivity index (χ3n) is 5.32. The first-order valence-electron chi connectivity index (χ1n) is 12.0. The number of hydrogen-bond acceptors (Lipinski definition) is 8. The number of hydrogen-bond donors (Lipinski definition) is 1. The van der Waals surface area contributed by atoms with Gasteiger partial charge in [-0.15, -0.1) is 11.8 Å². The number of ether oxygens (including phenoxy) is 3. The molecule has 206 valence electrons. The van der Waals surface area contributed by atoms with Crippen molar-refractivity contribution in [3.63, 3.8) is 0 Å². The van der Waals surface area contributed by atoms with Gasteiger partial charge in [0.25, 0.3) is 15.9 Å². The molecular weight excluding hydrogens is 538 g/mol. The SMILES string of the molecule is C=CCOc1ccc(/C=N\NC(=O)CN(c2ccc(OCC)cc2)S(=O)(=O)c2ccc(SC)cc2)cc1OC. The van der Waals surface area contributed by atoms with E-state index >= 15 is 0 Å². The summed E-state index contributed by atoms with van der Waals surface area (Å²) in [5.74, 6) is 1.00. The predicted molar refractivity (Wildman–Crippen MR) is 155 cm³/mol. The van der Waals surface area contributed by atoms with Gasteiger partial charge in [0.05, 0.1) is 30.5 Å². The molecule has 0 saturated carbocycles. The molecule has 0 bridgehead atoms. The standard InChI is InChI=1S/C28H31N3O6S2/c1-5-17-37-26-16-7-21(18-27(26)35-3)19-29-30-28(32)20-31(22-8-10-23(11-9-22)36-6-2)39(33,34)25-14-12-24(38-4)13-15-25/h5,7-16,18-19H,1,6,17,20H2,2-4H3,(H,30,32)/b29-19-. The zero-order chi connectivity index (χ0) is 28.3. The van der Waals surface area contributed by atoms with Crippen LogP contribution in [0.4, 0.5) is 5.69 Å². The van der Waals surface area contributed by atoms with Crippen LogP contribution in [0.25, 0.3) is 0 Å². The molecule has 0 atom stereocenters. The van der Waals surface area contributed by atoms with Crippen molar-refractivity contribution in [2.75, 3.05) is 37.4 Å². The Hall–Kier alpha value is -3.96. The second-order valence-electron chi connectivity index (χ2n) is 7.92. The highest BCUT2D eigenvalue weighted by atomic mass is 32.2. The molecular formula is C28H31N3O6S2. The first kappa shape index (κ1) is 29.6. The summed E-state index contributed by atoms with van der Waals surface area (Å²) in [4.78, 5) is 13.8. The van der Waals surface area contributed by atoms with Gasteiger partial charge in [0.2, 0.25) is 0 Å². The van der Waals surface area contributed by atoms with Crippen LogP contribution in [0, 0.1) is 0 Å². The second-order valence-corrected chi connectivity index (χ2v) is 10.7. The third kappa shape index (κ3) is 8.01. The van der Waals surface area contributed by atoms with Crippen LogP contribution in [0.1, 0.15) is 12.5 Å². The van der Waals surface area contributed by atoms with Gasteiger partial charge in [0, 0.05) is 4.90 Å². The number of amides is 1. The van der Waals surface area contributed by atoms with E-state index < -0.39 is 22.5 Å². The molecule has 1 amide bonds. The maximum absolute atomic E-state index is 13.6. The normalized spacial score (nSPS) is 11.2. The van der Waals surface area contributed by atoms with Crippen LogP contribution in [0.2, 0.25) is 0 Å². The van der Waals surface area contributed by atoms with E-state index in [1.54, 1.807) is 60.7 Å². The largest absolute Gasteiger partial charge is 0.494 e. The minimum Gasteiger partial charge on any atom is -0.494 e. The first-order valence-corrected chi connectivity index (χ1v) is 14.6. The molecule has 9 nitrogen and oxygen atoms in total. The van der Waals surface area contributed by atoms with Crippen molar-refractivity contribution in [2.24, 2.45) is 5.10 Å². The number of nitrogens with one attached hydrogen (secondary N) is 1. The number of rotatable bonds is 14. The summed E-state index contributed by atoms with van der Waals surface area (Å²) in [5, 5.41) is 3.99. The van der Waals surface area contributed by atoms with E-state index in [-0.39, 0.29) is 4.90 Å².